The average molecular weight is 413 g/mol. The zero-order valence-corrected chi connectivity index (χ0v) is 13.8. The summed E-state index contributed by atoms with van der Waals surface area (Å²) in [5.74, 6) is -0.283. The number of amidine groups is 1. The number of nitrogens with zero attached hydrogens (tertiary/aromatic N) is 1. The Hall–Kier alpha value is -1.86. The maximum absolute atomic E-state index is 12.3. The molecule has 0 unspecified atom stereocenters. The van der Waals surface area contributed by atoms with E-state index in [4.69, 9.17) is 10.9 Å². The van der Waals surface area contributed by atoms with Crippen molar-refractivity contribution in [2.45, 2.75) is 0 Å². The smallest absolute Gasteiger partial charge is 0.256 e. The van der Waals surface area contributed by atoms with E-state index in [0.29, 0.717) is 21.3 Å². The molecule has 2 aromatic rings. The summed E-state index contributed by atoms with van der Waals surface area (Å²) >= 11 is 6.67. The van der Waals surface area contributed by atoms with Gasteiger partial charge in [-0.15, -0.1) is 0 Å². The maximum Gasteiger partial charge on any atom is 0.256 e. The molecule has 108 valence electrons. The molecular formula is C14H11Br2N3O2. The van der Waals surface area contributed by atoms with Gasteiger partial charge in [0.15, 0.2) is 5.84 Å². The van der Waals surface area contributed by atoms with E-state index < -0.39 is 0 Å². The van der Waals surface area contributed by atoms with Crippen LogP contribution in [-0.2, 0) is 0 Å². The highest BCUT2D eigenvalue weighted by Crippen LogP contribution is 2.23. The third-order valence-electron chi connectivity index (χ3n) is 2.70. The molecule has 4 N–H and O–H groups in total. The summed E-state index contributed by atoms with van der Waals surface area (Å²) in [5.41, 5.74) is 7.09. The van der Waals surface area contributed by atoms with E-state index in [2.05, 4.69) is 42.3 Å². The zero-order valence-electron chi connectivity index (χ0n) is 10.7. The number of halogens is 2. The van der Waals surface area contributed by atoms with E-state index in [-0.39, 0.29) is 11.7 Å². The summed E-state index contributed by atoms with van der Waals surface area (Å²) < 4.78 is 1.50. The monoisotopic (exact) mass is 411 g/mol. The number of oxime groups is 1. The van der Waals surface area contributed by atoms with Crippen LogP contribution in [0.5, 0.6) is 0 Å². The van der Waals surface area contributed by atoms with Gasteiger partial charge < -0.3 is 16.3 Å². The number of rotatable bonds is 3. The molecule has 0 bridgehead atoms. The van der Waals surface area contributed by atoms with E-state index >= 15 is 0 Å². The molecule has 0 heterocycles. The number of benzene rings is 2. The van der Waals surface area contributed by atoms with Crippen molar-refractivity contribution in [2.75, 3.05) is 5.32 Å². The fourth-order valence-electron chi connectivity index (χ4n) is 1.68. The van der Waals surface area contributed by atoms with Crippen LogP contribution in [0.25, 0.3) is 0 Å². The molecule has 1 amide bonds. The molecule has 0 fully saturated rings. The van der Waals surface area contributed by atoms with Crippen molar-refractivity contribution < 1.29 is 10.0 Å². The van der Waals surface area contributed by atoms with Crippen LogP contribution in [0.2, 0.25) is 0 Å². The average Bonchev–Trinajstić information content (AvgIpc) is 2.49. The number of amides is 1. The topological polar surface area (TPSA) is 87.7 Å². The summed E-state index contributed by atoms with van der Waals surface area (Å²) in [5, 5.41) is 14.4. The van der Waals surface area contributed by atoms with Gasteiger partial charge >= 0.3 is 0 Å². The fraction of sp³-hybridized carbons (Fsp3) is 0. The van der Waals surface area contributed by atoms with Gasteiger partial charge in [-0.05, 0) is 46.3 Å². The second-order valence-corrected chi connectivity index (χ2v) is 5.91. The van der Waals surface area contributed by atoms with Crippen molar-refractivity contribution in [1.82, 2.24) is 0 Å². The summed E-state index contributed by atoms with van der Waals surface area (Å²) in [7, 11) is 0. The number of hydrogen-bond donors (Lipinski definition) is 3. The van der Waals surface area contributed by atoms with Gasteiger partial charge in [-0.1, -0.05) is 33.2 Å². The van der Waals surface area contributed by atoms with Crippen LogP contribution in [-0.4, -0.2) is 17.0 Å². The largest absolute Gasteiger partial charge is 0.409 e. The van der Waals surface area contributed by atoms with Gasteiger partial charge in [0.05, 0.1) is 5.56 Å². The van der Waals surface area contributed by atoms with E-state index in [0.717, 1.165) is 4.47 Å². The van der Waals surface area contributed by atoms with E-state index in [1.165, 1.54) is 0 Å². The van der Waals surface area contributed by atoms with Gasteiger partial charge in [-0.3, -0.25) is 4.79 Å². The maximum atomic E-state index is 12.3. The first-order chi connectivity index (χ1) is 10.0. The molecule has 0 radical (unpaired) electrons. The summed E-state index contributed by atoms with van der Waals surface area (Å²) in [4.78, 5) is 12.3. The van der Waals surface area contributed by atoms with Gasteiger partial charge in [0.25, 0.3) is 5.91 Å². The Morgan fingerprint density at radius 1 is 1.19 bits per heavy atom. The summed E-state index contributed by atoms with van der Waals surface area (Å²) in [6, 6.07) is 12.1. The molecule has 2 rings (SSSR count). The third-order valence-corrected chi connectivity index (χ3v) is 3.88. The molecule has 0 aliphatic rings. The van der Waals surface area contributed by atoms with Gasteiger partial charge in [0, 0.05) is 20.2 Å². The highest BCUT2D eigenvalue weighted by Gasteiger charge is 2.11. The highest BCUT2D eigenvalue weighted by molar-refractivity contribution is 9.11. The molecule has 21 heavy (non-hydrogen) atoms. The lowest BCUT2D eigenvalue weighted by Gasteiger charge is -2.08. The molecule has 0 aliphatic carbocycles. The van der Waals surface area contributed by atoms with E-state index in [9.17, 15) is 4.79 Å². The van der Waals surface area contributed by atoms with E-state index in [1.54, 1.807) is 36.4 Å². The quantitative estimate of drug-likeness (QED) is 0.311. The number of nitrogens with two attached hydrogens (primary N) is 1. The van der Waals surface area contributed by atoms with Crippen LogP contribution >= 0.6 is 31.9 Å². The molecule has 0 aliphatic heterocycles. The minimum absolute atomic E-state index is 0.0188. The number of anilines is 1. The molecule has 2 aromatic carbocycles. The minimum atomic E-state index is -0.264. The first kappa shape index (κ1) is 15.5. The van der Waals surface area contributed by atoms with Gasteiger partial charge in [-0.25, -0.2) is 0 Å². The predicted octanol–water partition coefficient (Wildman–Crippen LogP) is 3.56. The number of nitrogens with one attached hydrogen (secondary N) is 1. The molecule has 0 spiro atoms. The van der Waals surface area contributed by atoms with Crippen molar-refractivity contribution >= 4 is 49.3 Å². The zero-order chi connectivity index (χ0) is 15.4. The van der Waals surface area contributed by atoms with Gasteiger partial charge in [-0.2, -0.15) is 0 Å². The molecule has 5 nitrogen and oxygen atoms in total. The van der Waals surface area contributed by atoms with Crippen molar-refractivity contribution in [3.63, 3.8) is 0 Å². The molecule has 0 saturated heterocycles. The van der Waals surface area contributed by atoms with Crippen LogP contribution in [0.3, 0.4) is 0 Å². The van der Waals surface area contributed by atoms with Crippen LogP contribution in [0.15, 0.2) is 56.6 Å². The highest BCUT2D eigenvalue weighted by atomic mass is 79.9. The van der Waals surface area contributed by atoms with Crippen molar-refractivity contribution in [3.05, 3.63) is 62.5 Å². The summed E-state index contributed by atoms with van der Waals surface area (Å²) in [6.07, 6.45) is 0. The predicted molar refractivity (Wildman–Crippen MR) is 88.7 cm³/mol. The lowest BCUT2D eigenvalue weighted by molar-refractivity contribution is 0.102. The van der Waals surface area contributed by atoms with Crippen molar-refractivity contribution in [1.29, 1.82) is 0 Å². The second-order valence-electron chi connectivity index (χ2n) is 4.14. The lowest BCUT2D eigenvalue weighted by atomic mass is 10.1. The normalized spacial score (nSPS) is 11.2. The van der Waals surface area contributed by atoms with Crippen molar-refractivity contribution in [3.8, 4) is 0 Å². The molecule has 0 atom stereocenters. The second kappa shape index (κ2) is 6.73. The Morgan fingerprint density at radius 3 is 2.67 bits per heavy atom. The van der Waals surface area contributed by atoms with Crippen molar-refractivity contribution in [2.24, 2.45) is 10.9 Å². The van der Waals surface area contributed by atoms with Gasteiger partial charge in [0.1, 0.15) is 0 Å². The molecular weight excluding hydrogens is 402 g/mol. The van der Waals surface area contributed by atoms with Crippen LogP contribution in [0, 0.1) is 0 Å². The SMILES string of the molecule is N/C(=N/O)c1cccc(NC(=O)c2cc(Br)ccc2Br)c1. The Kier molecular flexibility index (Phi) is 4.98. The number of carbonyl (C=O) groups is 1. The Morgan fingerprint density at radius 2 is 1.95 bits per heavy atom. The van der Waals surface area contributed by atoms with Crippen LogP contribution in [0.4, 0.5) is 5.69 Å². The summed E-state index contributed by atoms with van der Waals surface area (Å²) in [6.45, 7) is 0. The first-order valence-electron chi connectivity index (χ1n) is 5.85. The van der Waals surface area contributed by atoms with Gasteiger partial charge in [0.2, 0.25) is 0 Å². The van der Waals surface area contributed by atoms with E-state index in [1.807, 2.05) is 6.07 Å². The first-order valence-corrected chi connectivity index (χ1v) is 7.44. The standard InChI is InChI=1S/C14H11Br2N3O2/c15-9-4-5-12(16)11(7-9)14(20)18-10-3-1-2-8(6-10)13(17)19-21/h1-7,21H,(H2,17,19)(H,18,20). The molecule has 7 heteroatoms. The Balaban J connectivity index is 2.26. The minimum Gasteiger partial charge on any atom is -0.409 e. The Bertz CT molecular complexity index is 717. The lowest BCUT2D eigenvalue weighted by Crippen LogP contribution is -2.15. The Labute approximate surface area is 138 Å². The van der Waals surface area contributed by atoms with Crippen LogP contribution < -0.4 is 11.1 Å². The molecule has 0 saturated carbocycles. The third kappa shape index (κ3) is 3.83. The fourth-order valence-corrected chi connectivity index (χ4v) is 2.47. The number of carbonyl (C=O) groups excluding carboxylic acids is 1. The molecule has 0 aromatic heterocycles. The number of hydrogen-bond acceptors (Lipinski definition) is 3. The van der Waals surface area contributed by atoms with Crippen LogP contribution in [0.1, 0.15) is 15.9 Å².